The summed E-state index contributed by atoms with van der Waals surface area (Å²) in [7, 11) is 0. The second-order valence-corrected chi connectivity index (χ2v) is 7.02. The molecule has 2 nitrogen and oxygen atoms in total. The molecule has 1 saturated carbocycles. The molecule has 0 unspecified atom stereocenters. The zero-order chi connectivity index (χ0) is 12.3. The Morgan fingerprint density at radius 3 is 2.76 bits per heavy atom. The number of rotatable bonds is 4. The zero-order valence-electron chi connectivity index (χ0n) is 10.2. The fraction of sp³-hybridized carbons (Fsp3) is 0.692. The average molecular weight is 318 g/mol. The number of aliphatic hydroxyl groups is 1. The normalized spacial score (nSPS) is 29.5. The summed E-state index contributed by atoms with van der Waals surface area (Å²) in [6, 6.07) is 2.08. The van der Waals surface area contributed by atoms with E-state index in [0.29, 0.717) is 0 Å². The van der Waals surface area contributed by atoms with Gasteiger partial charge in [0.15, 0.2) is 0 Å². The Kier molecular flexibility index (Phi) is 4.64. The highest BCUT2D eigenvalue weighted by atomic mass is 79.9. The minimum Gasteiger partial charge on any atom is -0.394 e. The fourth-order valence-corrected chi connectivity index (χ4v) is 3.86. The van der Waals surface area contributed by atoms with Crippen LogP contribution in [-0.2, 0) is 6.54 Å². The van der Waals surface area contributed by atoms with Crippen LogP contribution in [0.3, 0.4) is 0 Å². The van der Waals surface area contributed by atoms with E-state index in [9.17, 15) is 5.11 Å². The third-order valence-corrected chi connectivity index (χ3v) is 5.78. The lowest BCUT2D eigenvalue weighted by Crippen LogP contribution is -2.50. The van der Waals surface area contributed by atoms with Crippen LogP contribution in [0.4, 0.5) is 0 Å². The van der Waals surface area contributed by atoms with Gasteiger partial charge in [-0.25, -0.2) is 0 Å². The second kappa shape index (κ2) is 5.83. The van der Waals surface area contributed by atoms with Gasteiger partial charge in [-0.05, 0) is 59.0 Å². The molecule has 1 heterocycles. The lowest BCUT2D eigenvalue weighted by atomic mass is 9.77. The van der Waals surface area contributed by atoms with Crippen molar-refractivity contribution >= 4 is 27.3 Å². The number of halogens is 1. The van der Waals surface area contributed by atoms with Crippen molar-refractivity contribution in [1.29, 1.82) is 0 Å². The molecule has 96 valence electrons. The first-order valence-electron chi connectivity index (χ1n) is 6.23. The Bertz CT molecular complexity index is 358. The van der Waals surface area contributed by atoms with E-state index in [-0.39, 0.29) is 12.1 Å². The van der Waals surface area contributed by atoms with Gasteiger partial charge in [0.2, 0.25) is 0 Å². The molecule has 1 aromatic rings. The summed E-state index contributed by atoms with van der Waals surface area (Å²) in [6.07, 6.45) is 4.62. The van der Waals surface area contributed by atoms with Crippen molar-refractivity contribution in [2.24, 2.45) is 5.92 Å². The van der Waals surface area contributed by atoms with Crippen LogP contribution in [-0.4, -0.2) is 17.3 Å². The van der Waals surface area contributed by atoms with Crippen LogP contribution in [0, 0.1) is 5.92 Å². The molecule has 0 bridgehead atoms. The summed E-state index contributed by atoms with van der Waals surface area (Å²) in [5, 5.41) is 15.3. The predicted octanol–water partition coefficient (Wildman–Crippen LogP) is 3.54. The van der Waals surface area contributed by atoms with Crippen LogP contribution in [0.5, 0.6) is 0 Å². The molecule has 0 spiro atoms. The Morgan fingerprint density at radius 1 is 1.53 bits per heavy atom. The van der Waals surface area contributed by atoms with Crippen LogP contribution >= 0.6 is 27.3 Å². The topological polar surface area (TPSA) is 32.3 Å². The molecule has 17 heavy (non-hydrogen) atoms. The molecule has 1 aromatic heterocycles. The van der Waals surface area contributed by atoms with Crippen molar-refractivity contribution in [3.05, 3.63) is 20.8 Å². The Balaban J connectivity index is 1.94. The third-order valence-electron chi connectivity index (χ3n) is 3.85. The minimum absolute atomic E-state index is 0.0457. The van der Waals surface area contributed by atoms with Crippen molar-refractivity contribution in [3.8, 4) is 0 Å². The SMILES string of the molecule is CC1CCC(CO)(NCc2sccc2Br)CC1. The van der Waals surface area contributed by atoms with Gasteiger partial charge in [0, 0.05) is 21.4 Å². The Hall–Kier alpha value is 0.100. The molecule has 0 amide bonds. The van der Waals surface area contributed by atoms with E-state index in [2.05, 4.69) is 39.6 Å². The maximum absolute atomic E-state index is 9.65. The lowest BCUT2D eigenvalue weighted by Gasteiger charge is -2.39. The summed E-state index contributed by atoms with van der Waals surface area (Å²) in [4.78, 5) is 1.32. The molecule has 4 heteroatoms. The molecule has 0 radical (unpaired) electrons. The summed E-state index contributed by atoms with van der Waals surface area (Å²) in [6.45, 7) is 3.41. The highest BCUT2D eigenvalue weighted by molar-refractivity contribution is 9.10. The van der Waals surface area contributed by atoms with Crippen LogP contribution in [0.2, 0.25) is 0 Å². The Labute approximate surface area is 116 Å². The standard InChI is InChI=1S/C13H20BrNOS/c1-10-2-5-13(9-16,6-3-10)15-8-12-11(14)4-7-17-12/h4,7,10,15-16H,2-3,5-6,8-9H2,1H3. The first-order chi connectivity index (χ1) is 8.15. The van der Waals surface area contributed by atoms with E-state index >= 15 is 0 Å². The molecule has 0 atom stereocenters. The molecule has 0 aliphatic heterocycles. The molecule has 2 rings (SSSR count). The smallest absolute Gasteiger partial charge is 0.0613 e. The van der Waals surface area contributed by atoms with E-state index in [4.69, 9.17) is 0 Å². The van der Waals surface area contributed by atoms with Gasteiger partial charge in [-0.15, -0.1) is 11.3 Å². The lowest BCUT2D eigenvalue weighted by molar-refractivity contribution is 0.104. The zero-order valence-corrected chi connectivity index (χ0v) is 12.6. The molecule has 0 aromatic carbocycles. The molecular formula is C13H20BrNOS. The minimum atomic E-state index is -0.0457. The third kappa shape index (κ3) is 3.31. The molecular weight excluding hydrogens is 298 g/mol. The molecule has 1 fully saturated rings. The van der Waals surface area contributed by atoms with Gasteiger partial charge in [-0.1, -0.05) is 6.92 Å². The first-order valence-corrected chi connectivity index (χ1v) is 7.90. The van der Waals surface area contributed by atoms with Crippen LogP contribution in [0.1, 0.15) is 37.5 Å². The molecule has 0 saturated heterocycles. The predicted molar refractivity (Wildman–Crippen MR) is 76.3 cm³/mol. The van der Waals surface area contributed by atoms with Gasteiger partial charge >= 0.3 is 0 Å². The van der Waals surface area contributed by atoms with Crippen LogP contribution in [0.15, 0.2) is 15.9 Å². The second-order valence-electron chi connectivity index (χ2n) is 5.17. The van der Waals surface area contributed by atoms with Crippen molar-refractivity contribution in [2.75, 3.05) is 6.61 Å². The number of thiophene rings is 1. The maximum Gasteiger partial charge on any atom is 0.0613 e. The van der Waals surface area contributed by atoms with E-state index in [1.807, 2.05) is 0 Å². The number of hydrogen-bond donors (Lipinski definition) is 2. The summed E-state index contributed by atoms with van der Waals surface area (Å²) >= 11 is 5.31. The van der Waals surface area contributed by atoms with E-state index in [1.54, 1.807) is 11.3 Å². The molecule has 1 aliphatic carbocycles. The van der Waals surface area contributed by atoms with Crippen molar-refractivity contribution in [3.63, 3.8) is 0 Å². The van der Waals surface area contributed by atoms with E-state index in [1.165, 1.54) is 22.2 Å². The Morgan fingerprint density at radius 2 is 2.24 bits per heavy atom. The van der Waals surface area contributed by atoms with Crippen LogP contribution < -0.4 is 5.32 Å². The largest absolute Gasteiger partial charge is 0.394 e. The van der Waals surface area contributed by atoms with Crippen molar-refractivity contribution in [2.45, 2.75) is 44.7 Å². The highest BCUT2D eigenvalue weighted by Gasteiger charge is 2.33. The average Bonchev–Trinajstić information content (AvgIpc) is 2.75. The maximum atomic E-state index is 9.65. The van der Waals surface area contributed by atoms with Gasteiger partial charge in [-0.3, -0.25) is 0 Å². The van der Waals surface area contributed by atoms with Gasteiger partial charge in [-0.2, -0.15) is 0 Å². The number of hydrogen-bond acceptors (Lipinski definition) is 3. The summed E-state index contributed by atoms with van der Waals surface area (Å²) < 4.78 is 1.17. The highest BCUT2D eigenvalue weighted by Crippen LogP contribution is 2.32. The van der Waals surface area contributed by atoms with Gasteiger partial charge < -0.3 is 10.4 Å². The van der Waals surface area contributed by atoms with Crippen molar-refractivity contribution < 1.29 is 5.11 Å². The van der Waals surface area contributed by atoms with Crippen molar-refractivity contribution in [1.82, 2.24) is 5.32 Å². The van der Waals surface area contributed by atoms with E-state index in [0.717, 1.165) is 25.3 Å². The molecule has 2 N–H and O–H groups in total. The quantitative estimate of drug-likeness (QED) is 0.890. The van der Waals surface area contributed by atoms with Gasteiger partial charge in [0.25, 0.3) is 0 Å². The molecule has 1 aliphatic rings. The van der Waals surface area contributed by atoms with Gasteiger partial charge in [0.05, 0.1) is 6.61 Å². The number of nitrogens with one attached hydrogen (secondary N) is 1. The fourth-order valence-electron chi connectivity index (χ4n) is 2.42. The summed E-state index contributed by atoms with van der Waals surface area (Å²) in [5.41, 5.74) is -0.0457. The first kappa shape index (κ1) is 13.5. The number of aliphatic hydroxyl groups excluding tert-OH is 1. The van der Waals surface area contributed by atoms with E-state index < -0.39 is 0 Å². The summed E-state index contributed by atoms with van der Waals surface area (Å²) in [5.74, 6) is 0.810. The van der Waals surface area contributed by atoms with Crippen LogP contribution in [0.25, 0.3) is 0 Å². The van der Waals surface area contributed by atoms with Gasteiger partial charge in [0.1, 0.15) is 0 Å². The monoisotopic (exact) mass is 317 g/mol.